The minimum Gasteiger partial charge on any atom is -0.463 e. The van der Waals surface area contributed by atoms with Crippen LogP contribution >= 0.6 is 0 Å². The summed E-state index contributed by atoms with van der Waals surface area (Å²) in [5, 5.41) is 11.9. The molecule has 1 N–H and O–H groups in total. The van der Waals surface area contributed by atoms with Crippen LogP contribution < -0.4 is 0 Å². The highest BCUT2D eigenvalue weighted by atomic mass is 16.5. The first-order valence-corrected chi connectivity index (χ1v) is 11.7. The van der Waals surface area contributed by atoms with E-state index < -0.39 is 5.60 Å². The number of fused-ring (bicyclic) bond motifs is 5. The number of carbonyl (C=O) groups is 2. The zero-order chi connectivity index (χ0) is 21.0. The first-order valence-electron chi connectivity index (χ1n) is 11.7. The lowest BCUT2D eigenvalue weighted by molar-refractivity contribution is -0.188. The Morgan fingerprint density at radius 1 is 0.931 bits per heavy atom. The van der Waals surface area contributed by atoms with Crippen molar-refractivity contribution >= 4 is 11.9 Å². The Hall–Kier alpha value is -1.10. The lowest BCUT2D eigenvalue weighted by Crippen LogP contribution is -2.59. The van der Waals surface area contributed by atoms with Crippen molar-refractivity contribution in [1.82, 2.24) is 0 Å². The molecular weight excluding hydrogens is 368 g/mol. The van der Waals surface area contributed by atoms with E-state index >= 15 is 0 Å². The van der Waals surface area contributed by atoms with Gasteiger partial charge in [-0.25, -0.2) is 0 Å². The second kappa shape index (κ2) is 7.55. The van der Waals surface area contributed by atoms with Crippen molar-refractivity contribution in [3.63, 3.8) is 0 Å². The third-order valence-corrected chi connectivity index (χ3v) is 9.40. The van der Waals surface area contributed by atoms with Crippen molar-refractivity contribution in [3.05, 3.63) is 0 Å². The molecule has 5 nitrogen and oxygen atoms in total. The highest BCUT2D eigenvalue weighted by Crippen LogP contribution is 2.65. The maximum Gasteiger partial charge on any atom is 0.302 e. The molecule has 164 valence electrons. The van der Waals surface area contributed by atoms with Crippen molar-refractivity contribution in [1.29, 1.82) is 0 Å². The number of rotatable bonds is 3. The quantitative estimate of drug-likeness (QED) is 0.709. The fourth-order valence-electron chi connectivity index (χ4n) is 8.18. The van der Waals surface area contributed by atoms with Crippen LogP contribution in [0.2, 0.25) is 0 Å². The predicted molar refractivity (Wildman–Crippen MR) is 109 cm³/mol. The van der Waals surface area contributed by atoms with Crippen LogP contribution in [0.15, 0.2) is 0 Å². The summed E-state index contributed by atoms with van der Waals surface area (Å²) in [6.07, 6.45) is 9.14. The van der Waals surface area contributed by atoms with Gasteiger partial charge in [0, 0.05) is 19.8 Å². The fraction of sp³-hybridized carbons (Fsp3) is 0.917. The molecule has 4 rings (SSSR count). The third-order valence-electron chi connectivity index (χ3n) is 9.40. The molecule has 29 heavy (non-hydrogen) atoms. The summed E-state index contributed by atoms with van der Waals surface area (Å²) >= 11 is 0. The number of hydrogen-bond donors (Lipinski definition) is 1. The Morgan fingerprint density at radius 2 is 1.62 bits per heavy atom. The Morgan fingerprint density at radius 3 is 2.31 bits per heavy atom. The summed E-state index contributed by atoms with van der Waals surface area (Å²) in [5.74, 6) is 1.61. The highest BCUT2D eigenvalue weighted by Gasteiger charge is 2.63. The maximum atomic E-state index is 11.9. The van der Waals surface area contributed by atoms with Gasteiger partial charge in [0.15, 0.2) is 0 Å². The Balaban J connectivity index is 1.50. The molecule has 4 aliphatic carbocycles. The summed E-state index contributed by atoms with van der Waals surface area (Å²) in [4.78, 5) is 22.9. The van der Waals surface area contributed by atoms with E-state index in [4.69, 9.17) is 9.47 Å². The number of aliphatic hydroxyl groups is 1. The molecule has 0 bridgehead atoms. The molecule has 0 radical (unpaired) electrons. The average Bonchev–Trinajstić information content (AvgIpc) is 2.98. The predicted octanol–water partition coefficient (Wildman–Crippen LogP) is 4.25. The summed E-state index contributed by atoms with van der Waals surface area (Å²) in [6, 6.07) is 0. The third kappa shape index (κ3) is 3.51. The van der Waals surface area contributed by atoms with Crippen molar-refractivity contribution in [2.45, 2.75) is 103 Å². The van der Waals surface area contributed by atoms with E-state index in [0.29, 0.717) is 17.8 Å². The van der Waals surface area contributed by atoms with E-state index in [2.05, 4.69) is 6.92 Å². The lowest BCUT2D eigenvalue weighted by atomic mass is 9.46. The molecule has 0 aromatic rings. The highest BCUT2D eigenvalue weighted by molar-refractivity contribution is 5.66. The van der Waals surface area contributed by atoms with E-state index in [-0.39, 0.29) is 41.4 Å². The number of ether oxygens (including phenoxy) is 2. The molecule has 0 aliphatic heterocycles. The Kier molecular flexibility index (Phi) is 5.50. The lowest BCUT2D eigenvalue weighted by Gasteiger charge is -2.61. The van der Waals surface area contributed by atoms with Crippen LogP contribution in [0, 0.1) is 35.0 Å². The molecule has 0 aromatic heterocycles. The van der Waals surface area contributed by atoms with Gasteiger partial charge in [-0.05, 0) is 93.8 Å². The standard InChI is InChI=1S/C24H38O5/c1-14(28-15(2)25)19-10-12-24(27)20(19)7-8-21-22(24)6-5-17-13-18(29-16(3)26)9-11-23(17,21)4/h14,17-22,27H,5-13H2,1-4H3/t14?,17-,18-,19+,20+,21?,22?,23-,24+/m0/s1. The number of esters is 2. The maximum absolute atomic E-state index is 11.9. The van der Waals surface area contributed by atoms with E-state index in [1.54, 1.807) is 0 Å². The van der Waals surface area contributed by atoms with Gasteiger partial charge in [0.25, 0.3) is 0 Å². The second-order valence-corrected chi connectivity index (χ2v) is 10.7. The summed E-state index contributed by atoms with van der Waals surface area (Å²) in [5.41, 5.74) is -0.372. The van der Waals surface area contributed by atoms with Crippen LogP contribution in [-0.4, -0.2) is 34.9 Å². The molecule has 0 aromatic carbocycles. The molecule has 5 heteroatoms. The van der Waals surface area contributed by atoms with Gasteiger partial charge < -0.3 is 14.6 Å². The molecule has 3 unspecified atom stereocenters. The molecule has 0 saturated heterocycles. The van der Waals surface area contributed by atoms with Crippen molar-refractivity contribution in [3.8, 4) is 0 Å². The average molecular weight is 407 g/mol. The van der Waals surface area contributed by atoms with Gasteiger partial charge in [0.2, 0.25) is 0 Å². The van der Waals surface area contributed by atoms with Crippen LogP contribution in [-0.2, 0) is 19.1 Å². The largest absolute Gasteiger partial charge is 0.463 e. The molecule has 0 amide bonds. The van der Waals surface area contributed by atoms with Gasteiger partial charge in [-0.1, -0.05) is 6.92 Å². The van der Waals surface area contributed by atoms with E-state index in [1.165, 1.54) is 13.8 Å². The second-order valence-electron chi connectivity index (χ2n) is 10.7. The van der Waals surface area contributed by atoms with Crippen LogP contribution in [0.5, 0.6) is 0 Å². The van der Waals surface area contributed by atoms with Gasteiger partial charge >= 0.3 is 11.9 Å². The number of hydrogen-bond acceptors (Lipinski definition) is 5. The van der Waals surface area contributed by atoms with E-state index in [9.17, 15) is 14.7 Å². The monoisotopic (exact) mass is 406 g/mol. The van der Waals surface area contributed by atoms with Gasteiger partial charge in [-0.3, -0.25) is 9.59 Å². The molecular formula is C24H38O5. The normalized spacial score (nSPS) is 47.3. The number of carbonyl (C=O) groups excluding carboxylic acids is 2. The van der Waals surface area contributed by atoms with Crippen molar-refractivity contribution < 1.29 is 24.2 Å². The first-order chi connectivity index (χ1) is 13.6. The van der Waals surface area contributed by atoms with Gasteiger partial charge in [-0.15, -0.1) is 0 Å². The first kappa shape index (κ1) is 21.1. The van der Waals surface area contributed by atoms with Crippen LogP contribution in [0.3, 0.4) is 0 Å². The van der Waals surface area contributed by atoms with Crippen molar-refractivity contribution in [2.24, 2.45) is 35.0 Å². The van der Waals surface area contributed by atoms with Crippen LogP contribution in [0.4, 0.5) is 0 Å². The topological polar surface area (TPSA) is 72.8 Å². The molecule has 0 heterocycles. The summed E-state index contributed by atoms with van der Waals surface area (Å²) in [6.45, 7) is 7.42. The van der Waals surface area contributed by atoms with Crippen molar-refractivity contribution in [2.75, 3.05) is 0 Å². The van der Waals surface area contributed by atoms with E-state index in [1.807, 2.05) is 6.92 Å². The smallest absolute Gasteiger partial charge is 0.302 e. The Bertz CT molecular complexity index is 662. The minimum atomic E-state index is -0.608. The minimum absolute atomic E-state index is 0.0713. The van der Waals surface area contributed by atoms with Gasteiger partial charge in [0.1, 0.15) is 12.2 Å². The van der Waals surface area contributed by atoms with Gasteiger partial charge in [0.05, 0.1) is 5.60 Å². The molecule has 4 aliphatic rings. The molecule has 4 saturated carbocycles. The summed E-state index contributed by atoms with van der Waals surface area (Å²) in [7, 11) is 0. The Labute approximate surface area is 174 Å². The molecule has 4 fully saturated rings. The zero-order valence-electron chi connectivity index (χ0n) is 18.5. The van der Waals surface area contributed by atoms with Gasteiger partial charge in [-0.2, -0.15) is 0 Å². The summed E-state index contributed by atoms with van der Waals surface area (Å²) < 4.78 is 11.1. The van der Waals surface area contributed by atoms with Crippen LogP contribution in [0.25, 0.3) is 0 Å². The molecule has 9 atom stereocenters. The zero-order valence-corrected chi connectivity index (χ0v) is 18.5. The fourth-order valence-corrected chi connectivity index (χ4v) is 8.18. The van der Waals surface area contributed by atoms with Crippen LogP contribution in [0.1, 0.15) is 85.5 Å². The van der Waals surface area contributed by atoms with E-state index in [0.717, 1.165) is 57.8 Å². The SMILES string of the molecule is CC(=O)OC(C)[C@H]1CC[C@]2(O)C3CC[C@H]4C[C@@H](OC(C)=O)CC[C@]4(C)C3CC[C@H]12. The molecule has 0 spiro atoms.